The van der Waals surface area contributed by atoms with Crippen LogP contribution in [0, 0.1) is 0 Å². The number of rotatable bonds is 0. The fraction of sp³-hybridized carbons (Fsp3) is 0.455. The van der Waals surface area contributed by atoms with Crippen LogP contribution in [-0.2, 0) is 9.47 Å². The van der Waals surface area contributed by atoms with Gasteiger partial charge in [-0.15, -0.1) is 0 Å². The molecule has 84 valence electrons. The number of alkyl halides is 1. The summed E-state index contributed by atoms with van der Waals surface area (Å²) in [5.74, 6) is 0. The van der Waals surface area contributed by atoms with Crippen molar-refractivity contribution in [2.24, 2.45) is 0 Å². The van der Waals surface area contributed by atoms with Crippen molar-refractivity contribution in [2.45, 2.75) is 18.0 Å². The van der Waals surface area contributed by atoms with Gasteiger partial charge in [0.05, 0.1) is 18.0 Å². The van der Waals surface area contributed by atoms with Gasteiger partial charge in [0.2, 0.25) is 0 Å². The standard InChI is InChI=1S/C6H5Br.C5H9BrO2/c7-6-4-2-1-3-5-6;1-4-7-2-5(6)3-8-4/h1-5H;4-5H,2-3H2,1H3. The fourth-order valence-corrected chi connectivity index (χ4v) is 1.60. The van der Waals surface area contributed by atoms with Crippen LogP contribution in [0.15, 0.2) is 34.8 Å². The lowest BCUT2D eigenvalue weighted by Gasteiger charge is -2.23. The zero-order valence-corrected chi connectivity index (χ0v) is 11.7. The molecule has 0 unspecified atom stereocenters. The summed E-state index contributed by atoms with van der Waals surface area (Å²) in [5.41, 5.74) is 0. The van der Waals surface area contributed by atoms with Gasteiger partial charge < -0.3 is 9.47 Å². The Balaban J connectivity index is 0.000000151. The molecule has 15 heavy (non-hydrogen) atoms. The average Bonchev–Trinajstić information content (AvgIpc) is 2.25. The van der Waals surface area contributed by atoms with Crippen LogP contribution in [-0.4, -0.2) is 24.3 Å². The van der Waals surface area contributed by atoms with E-state index in [4.69, 9.17) is 9.47 Å². The third-order valence-corrected chi connectivity index (χ3v) is 2.81. The first-order valence-electron chi connectivity index (χ1n) is 4.76. The Bertz CT molecular complexity index is 249. The first kappa shape index (κ1) is 13.2. The summed E-state index contributed by atoms with van der Waals surface area (Å²) < 4.78 is 11.4. The molecule has 0 N–H and O–H groups in total. The van der Waals surface area contributed by atoms with Gasteiger partial charge in [-0.2, -0.15) is 0 Å². The Kier molecular flexibility index (Phi) is 6.48. The maximum absolute atomic E-state index is 5.12. The van der Waals surface area contributed by atoms with Crippen molar-refractivity contribution >= 4 is 31.9 Å². The molecule has 1 aliphatic heterocycles. The van der Waals surface area contributed by atoms with E-state index in [1.54, 1.807) is 0 Å². The van der Waals surface area contributed by atoms with Gasteiger partial charge in [0.25, 0.3) is 0 Å². The lowest BCUT2D eigenvalue weighted by Crippen LogP contribution is -2.29. The molecule has 0 spiro atoms. The molecule has 1 saturated heterocycles. The summed E-state index contributed by atoms with van der Waals surface area (Å²) in [6.45, 7) is 3.43. The van der Waals surface area contributed by atoms with E-state index in [2.05, 4.69) is 31.9 Å². The molecule has 2 rings (SSSR count). The second-order valence-electron chi connectivity index (χ2n) is 3.13. The van der Waals surface area contributed by atoms with Crippen molar-refractivity contribution < 1.29 is 9.47 Å². The van der Waals surface area contributed by atoms with E-state index in [-0.39, 0.29) is 6.29 Å². The Labute approximate surface area is 107 Å². The van der Waals surface area contributed by atoms with Gasteiger partial charge in [-0.3, -0.25) is 0 Å². The van der Waals surface area contributed by atoms with Crippen molar-refractivity contribution in [3.05, 3.63) is 34.8 Å². The van der Waals surface area contributed by atoms with Crippen LogP contribution in [0.25, 0.3) is 0 Å². The van der Waals surface area contributed by atoms with Crippen LogP contribution in [0.1, 0.15) is 6.92 Å². The molecule has 2 nitrogen and oxygen atoms in total. The average molecular weight is 338 g/mol. The van der Waals surface area contributed by atoms with E-state index in [9.17, 15) is 0 Å². The van der Waals surface area contributed by atoms with Gasteiger partial charge >= 0.3 is 0 Å². The number of hydrogen-bond acceptors (Lipinski definition) is 2. The van der Waals surface area contributed by atoms with Gasteiger partial charge in [-0.1, -0.05) is 50.1 Å². The summed E-state index contributed by atoms with van der Waals surface area (Å²) in [4.78, 5) is 0.388. The van der Waals surface area contributed by atoms with Gasteiger partial charge in [-0.25, -0.2) is 0 Å². The van der Waals surface area contributed by atoms with Crippen LogP contribution in [0.5, 0.6) is 0 Å². The maximum atomic E-state index is 5.12. The molecule has 0 radical (unpaired) electrons. The highest BCUT2D eigenvalue weighted by atomic mass is 79.9. The number of ether oxygens (including phenoxy) is 2. The summed E-state index contributed by atoms with van der Waals surface area (Å²) in [5, 5.41) is 0. The molecular weight excluding hydrogens is 324 g/mol. The van der Waals surface area contributed by atoms with E-state index in [1.165, 1.54) is 0 Å². The largest absolute Gasteiger partial charge is 0.352 e. The zero-order valence-electron chi connectivity index (χ0n) is 8.53. The summed E-state index contributed by atoms with van der Waals surface area (Å²) in [7, 11) is 0. The molecule has 0 atom stereocenters. The van der Waals surface area contributed by atoms with Gasteiger partial charge in [-0.05, 0) is 19.1 Å². The highest BCUT2D eigenvalue weighted by molar-refractivity contribution is 9.10. The normalized spacial score (nSPS) is 25.3. The third kappa shape index (κ3) is 6.30. The second kappa shape index (κ2) is 7.39. The smallest absolute Gasteiger partial charge is 0.154 e. The molecule has 1 fully saturated rings. The first-order valence-corrected chi connectivity index (χ1v) is 6.47. The van der Waals surface area contributed by atoms with Crippen LogP contribution in [0.4, 0.5) is 0 Å². The van der Waals surface area contributed by atoms with E-state index in [0.717, 1.165) is 17.7 Å². The molecule has 0 aliphatic carbocycles. The number of hydrogen-bond donors (Lipinski definition) is 0. The molecule has 1 aromatic carbocycles. The van der Waals surface area contributed by atoms with Crippen molar-refractivity contribution in [3.8, 4) is 0 Å². The Morgan fingerprint density at radius 1 is 1.13 bits per heavy atom. The van der Waals surface area contributed by atoms with Gasteiger partial charge in [0, 0.05) is 4.47 Å². The van der Waals surface area contributed by atoms with Crippen LogP contribution in [0.3, 0.4) is 0 Å². The zero-order chi connectivity index (χ0) is 11.1. The first-order chi connectivity index (χ1) is 7.18. The molecule has 1 aromatic rings. The topological polar surface area (TPSA) is 18.5 Å². The van der Waals surface area contributed by atoms with E-state index < -0.39 is 0 Å². The van der Waals surface area contributed by atoms with Crippen molar-refractivity contribution in [2.75, 3.05) is 13.2 Å². The SMILES string of the molecule is Brc1ccccc1.CC1OCC(Br)CO1. The quantitative estimate of drug-likeness (QED) is 0.673. The molecule has 0 amide bonds. The highest BCUT2D eigenvalue weighted by Crippen LogP contribution is 2.10. The maximum Gasteiger partial charge on any atom is 0.154 e. The molecule has 0 bridgehead atoms. The van der Waals surface area contributed by atoms with E-state index >= 15 is 0 Å². The van der Waals surface area contributed by atoms with Crippen LogP contribution in [0.2, 0.25) is 0 Å². The van der Waals surface area contributed by atoms with Gasteiger partial charge in [0.15, 0.2) is 6.29 Å². The lowest BCUT2D eigenvalue weighted by molar-refractivity contribution is -0.163. The molecule has 1 heterocycles. The third-order valence-electron chi connectivity index (χ3n) is 1.76. The molecular formula is C11H14Br2O2. The predicted molar refractivity (Wildman–Crippen MR) is 68.2 cm³/mol. The fourth-order valence-electron chi connectivity index (χ4n) is 0.991. The summed E-state index contributed by atoms with van der Waals surface area (Å²) in [6.07, 6.45) is -0.0104. The number of halogens is 2. The lowest BCUT2D eigenvalue weighted by atomic mass is 10.4. The summed E-state index contributed by atoms with van der Waals surface area (Å²) in [6, 6.07) is 9.97. The molecule has 1 aliphatic rings. The minimum atomic E-state index is -0.0104. The predicted octanol–water partition coefficient (Wildman–Crippen LogP) is 3.59. The molecule has 4 heteroatoms. The van der Waals surface area contributed by atoms with Crippen LogP contribution < -0.4 is 0 Å². The van der Waals surface area contributed by atoms with Crippen molar-refractivity contribution in [1.29, 1.82) is 0 Å². The summed E-state index contributed by atoms with van der Waals surface area (Å²) >= 11 is 6.68. The van der Waals surface area contributed by atoms with E-state index in [1.807, 2.05) is 37.3 Å². The Morgan fingerprint density at radius 3 is 2.00 bits per heavy atom. The monoisotopic (exact) mass is 336 g/mol. The van der Waals surface area contributed by atoms with Gasteiger partial charge in [0.1, 0.15) is 0 Å². The van der Waals surface area contributed by atoms with Crippen molar-refractivity contribution in [1.82, 2.24) is 0 Å². The molecule has 0 saturated carbocycles. The van der Waals surface area contributed by atoms with Crippen LogP contribution >= 0.6 is 31.9 Å². The highest BCUT2D eigenvalue weighted by Gasteiger charge is 2.15. The minimum absolute atomic E-state index is 0.0104. The molecule has 0 aromatic heterocycles. The second-order valence-corrected chi connectivity index (χ2v) is 5.34. The van der Waals surface area contributed by atoms with Crippen molar-refractivity contribution in [3.63, 3.8) is 0 Å². The Morgan fingerprint density at radius 2 is 1.67 bits per heavy atom. The Hall–Kier alpha value is 0.1000. The number of benzene rings is 1. The van der Waals surface area contributed by atoms with E-state index in [0.29, 0.717) is 4.83 Å². The minimum Gasteiger partial charge on any atom is -0.352 e.